The maximum absolute atomic E-state index is 11.3. The first-order valence-corrected chi connectivity index (χ1v) is 8.82. The molecule has 9 heteroatoms. The van der Waals surface area contributed by atoms with Crippen molar-refractivity contribution in [1.29, 1.82) is 0 Å². The van der Waals surface area contributed by atoms with Crippen LogP contribution in [0.5, 0.6) is 0 Å². The molecule has 0 radical (unpaired) electrons. The van der Waals surface area contributed by atoms with Gasteiger partial charge in [0.05, 0.1) is 23.8 Å². The van der Waals surface area contributed by atoms with E-state index in [9.17, 15) is 8.42 Å². The number of rotatable bonds is 4. The molecule has 1 aromatic carbocycles. The zero-order chi connectivity index (χ0) is 15.9. The highest BCUT2D eigenvalue weighted by atomic mass is 32.2. The van der Waals surface area contributed by atoms with E-state index in [2.05, 4.69) is 9.97 Å². The van der Waals surface area contributed by atoms with Gasteiger partial charge in [-0.2, -0.15) is 0 Å². The molecule has 0 saturated carbocycles. The highest BCUT2D eigenvalue weighted by molar-refractivity contribution is 7.91. The van der Waals surface area contributed by atoms with Crippen LogP contribution in [0.15, 0.2) is 34.7 Å². The lowest BCUT2D eigenvalue weighted by molar-refractivity contribution is 0.599. The fourth-order valence-corrected chi connectivity index (χ4v) is 3.67. The summed E-state index contributed by atoms with van der Waals surface area (Å²) in [4.78, 5) is 10.5. The van der Waals surface area contributed by atoms with Crippen molar-refractivity contribution in [1.82, 2.24) is 14.5 Å². The predicted octanol–water partition coefficient (Wildman–Crippen LogP) is 1.31. The third-order valence-electron chi connectivity index (χ3n) is 3.34. The number of hydrogen-bond acceptors (Lipinski definition) is 6. The zero-order valence-electron chi connectivity index (χ0n) is 12.1. The van der Waals surface area contributed by atoms with Gasteiger partial charge in [-0.25, -0.2) is 23.5 Å². The summed E-state index contributed by atoms with van der Waals surface area (Å²) in [5.74, 6) is 0.871. The average molecular weight is 337 g/mol. The third-order valence-corrected chi connectivity index (χ3v) is 5.86. The van der Waals surface area contributed by atoms with Gasteiger partial charge in [-0.3, -0.25) is 0 Å². The van der Waals surface area contributed by atoms with Gasteiger partial charge in [0.1, 0.15) is 5.82 Å². The van der Waals surface area contributed by atoms with Crippen molar-refractivity contribution in [2.45, 2.75) is 10.8 Å². The second-order valence-corrected chi connectivity index (χ2v) is 7.74. The molecule has 0 bridgehead atoms. The van der Waals surface area contributed by atoms with Crippen molar-refractivity contribution < 1.29 is 8.42 Å². The van der Waals surface area contributed by atoms with Gasteiger partial charge in [0, 0.05) is 14.1 Å². The van der Waals surface area contributed by atoms with Crippen LogP contribution in [-0.4, -0.2) is 30.0 Å². The van der Waals surface area contributed by atoms with Crippen molar-refractivity contribution in [3.63, 3.8) is 0 Å². The minimum atomic E-state index is -3.71. The first kappa shape index (κ1) is 14.9. The van der Waals surface area contributed by atoms with Crippen LogP contribution >= 0.6 is 11.3 Å². The van der Waals surface area contributed by atoms with E-state index in [1.807, 2.05) is 47.8 Å². The van der Waals surface area contributed by atoms with E-state index in [-0.39, 0.29) is 4.21 Å². The van der Waals surface area contributed by atoms with Crippen LogP contribution in [0.3, 0.4) is 0 Å². The molecule has 0 saturated heterocycles. The smallest absolute Gasteiger partial charge is 0.249 e. The number of imidazole rings is 1. The number of nitrogens with two attached hydrogens (primary N) is 1. The van der Waals surface area contributed by atoms with E-state index in [1.165, 1.54) is 6.20 Å². The Hall–Kier alpha value is -1.97. The molecule has 0 atom stereocenters. The average Bonchev–Trinajstić information content (AvgIpc) is 3.05. The van der Waals surface area contributed by atoms with Gasteiger partial charge in [-0.15, -0.1) is 0 Å². The molecule has 0 unspecified atom stereocenters. The summed E-state index contributed by atoms with van der Waals surface area (Å²) in [7, 11) is 0.0844. The molecule has 22 heavy (non-hydrogen) atoms. The lowest BCUT2D eigenvalue weighted by atomic mass is 10.3. The Bertz CT molecular complexity index is 929. The molecule has 0 amide bonds. The highest BCUT2D eigenvalue weighted by Gasteiger charge is 2.16. The van der Waals surface area contributed by atoms with Crippen molar-refractivity contribution in [2.24, 2.45) is 12.2 Å². The third kappa shape index (κ3) is 2.70. The molecule has 0 fully saturated rings. The van der Waals surface area contributed by atoms with Crippen LogP contribution in [0.4, 0.5) is 5.13 Å². The summed E-state index contributed by atoms with van der Waals surface area (Å²) in [6.45, 7) is 0.517. The number of aryl methyl sites for hydroxylation is 1. The number of aromatic nitrogens is 3. The Morgan fingerprint density at radius 3 is 2.73 bits per heavy atom. The van der Waals surface area contributed by atoms with Gasteiger partial charge in [0.25, 0.3) is 0 Å². The summed E-state index contributed by atoms with van der Waals surface area (Å²) in [5.41, 5.74) is 1.98. The molecule has 7 nitrogen and oxygen atoms in total. The Morgan fingerprint density at radius 1 is 1.36 bits per heavy atom. The number of nitrogens with zero attached hydrogens (tertiary/aromatic N) is 4. The fourth-order valence-electron chi connectivity index (χ4n) is 2.18. The summed E-state index contributed by atoms with van der Waals surface area (Å²) < 4.78 is 24.7. The minimum Gasteiger partial charge on any atom is -0.344 e. The Labute approximate surface area is 132 Å². The Kier molecular flexibility index (Phi) is 3.63. The first-order chi connectivity index (χ1) is 10.4. The second kappa shape index (κ2) is 5.34. The van der Waals surface area contributed by atoms with Crippen LogP contribution in [0.1, 0.15) is 5.82 Å². The van der Waals surface area contributed by atoms with Gasteiger partial charge < -0.3 is 9.47 Å². The molecule has 2 heterocycles. The fraction of sp³-hybridized carbons (Fsp3) is 0.231. The van der Waals surface area contributed by atoms with Crippen LogP contribution in [-0.2, 0) is 23.6 Å². The van der Waals surface area contributed by atoms with Gasteiger partial charge in [0.2, 0.25) is 10.0 Å². The van der Waals surface area contributed by atoms with Gasteiger partial charge in [0.15, 0.2) is 9.34 Å². The molecule has 0 aliphatic heterocycles. The number of fused-ring (bicyclic) bond motifs is 1. The van der Waals surface area contributed by atoms with E-state index in [0.717, 1.165) is 28.2 Å². The van der Waals surface area contributed by atoms with E-state index in [4.69, 9.17) is 5.14 Å². The quantitative estimate of drug-likeness (QED) is 0.775. The summed E-state index contributed by atoms with van der Waals surface area (Å²) >= 11 is 1.04. The predicted molar refractivity (Wildman–Crippen MR) is 86.3 cm³/mol. The Balaban J connectivity index is 1.88. The summed E-state index contributed by atoms with van der Waals surface area (Å²) in [6, 6.07) is 7.88. The number of para-hydroxylation sites is 2. The van der Waals surface area contributed by atoms with Crippen molar-refractivity contribution in [3.05, 3.63) is 36.3 Å². The molecular formula is C13H15N5O2S2. The maximum atomic E-state index is 11.3. The standard InChI is InChI=1S/C13H15N5O2S2/c1-17(13-15-7-12(21-13)22(14,19)20)8-11-16-9-5-3-4-6-10(9)18(11)2/h3-7H,8H2,1-2H3,(H2,14,19,20). The zero-order valence-corrected chi connectivity index (χ0v) is 13.7. The second-order valence-electron chi connectivity index (χ2n) is 4.94. The molecular weight excluding hydrogens is 322 g/mol. The number of hydrogen-bond donors (Lipinski definition) is 1. The molecule has 2 N–H and O–H groups in total. The molecule has 0 aliphatic carbocycles. The van der Waals surface area contributed by atoms with E-state index >= 15 is 0 Å². The number of primary sulfonamides is 1. The highest BCUT2D eigenvalue weighted by Crippen LogP contribution is 2.25. The monoisotopic (exact) mass is 337 g/mol. The topological polar surface area (TPSA) is 94.1 Å². The molecule has 0 aliphatic rings. The van der Waals surface area contributed by atoms with Gasteiger partial charge in [-0.1, -0.05) is 23.5 Å². The summed E-state index contributed by atoms with van der Waals surface area (Å²) in [5, 5.41) is 5.69. The van der Waals surface area contributed by atoms with Crippen LogP contribution in [0.2, 0.25) is 0 Å². The lowest BCUT2D eigenvalue weighted by Crippen LogP contribution is -2.18. The van der Waals surface area contributed by atoms with Crippen molar-refractivity contribution >= 4 is 37.5 Å². The number of anilines is 1. The van der Waals surface area contributed by atoms with Crippen LogP contribution < -0.4 is 10.0 Å². The number of thiazole rings is 1. The SMILES string of the molecule is CN(Cc1nc2ccccc2n1C)c1ncc(S(N)(=O)=O)s1. The minimum absolute atomic E-state index is 0.0550. The molecule has 3 aromatic rings. The maximum Gasteiger partial charge on any atom is 0.249 e. The largest absolute Gasteiger partial charge is 0.344 e. The molecule has 2 aromatic heterocycles. The molecule has 0 spiro atoms. The first-order valence-electron chi connectivity index (χ1n) is 6.46. The van der Waals surface area contributed by atoms with E-state index < -0.39 is 10.0 Å². The summed E-state index contributed by atoms with van der Waals surface area (Å²) in [6.07, 6.45) is 1.28. The van der Waals surface area contributed by atoms with Crippen molar-refractivity contribution in [3.8, 4) is 0 Å². The lowest BCUT2D eigenvalue weighted by Gasteiger charge is -2.15. The number of sulfonamides is 1. The van der Waals surface area contributed by atoms with Crippen molar-refractivity contribution in [2.75, 3.05) is 11.9 Å². The van der Waals surface area contributed by atoms with E-state index in [1.54, 1.807) is 0 Å². The van der Waals surface area contributed by atoms with E-state index in [0.29, 0.717) is 11.7 Å². The number of benzene rings is 1. The van der Waals surface area contributed by atoms with Crippen LogP contribution in [0, 0.1) is 0 Å². The Morgan fingerprint density at radius 2 is 2.09 bits per heavy atom. The van der Waals surface area contributed by atoms with Crippen LogP contribution in [0.25, 0.3) is 11.0 Å². The normalized spacial score (nSPS) is 12.0. The molecule has 116 valence electrons. The molecule has 3 rings (SSSR count). The van der Waals surface area contributed by atoms with Gasteiger partial charge >= 0.3 is 0 Å². The van der Waals surface area contributed by atoms with Gasteiger partial charge in [-0.05, 0) is 12.1 Å².